The molecule has 0 aliphatic rings. The number of carboxylic acid groups (broad SMARTS) is 1. The van der Waals surface area contributed by atoms with Crippen LogP contribution in [0.2, 0.25) is 0 Å². The van der Waals surface area contributed by atoms with Crippen LogP contribution in [0.5, 0.6) is 0 Å². The van der Waals surface area contributed by atoms with Gasteiger partial charge in [0, 0.05) is 0 Å². The van der Waals surface area contributed by atoms with Crippen molar-refractivity contribution in [2.24, 2.45) is 0 Å². The zero-order chi connectivity index (χ0) is 10.6. The first-order valence-electron chi connectivity index (χ1n) is 3.38. The molecule has 0 aromatic carbocycles. The molecular weight excluding hydrogens is 206 g/mol. The molecule has 14 heavy (non-hydrogen) atoms. The molecule has 0 aliphatic heterocycles. The topological polar surface area (TPSA) is 114 Å². The van der Waals surface area contributed by atoms with Gasteiger partial charge in [-0.05, 0) is 12.2 Å². The van der Waals surface area contributed by atoms with Gasteiger partial charge in [-0.15, -0.1) is 0 Å². The molecule has 0 atom stereocenters. The average molecular weight is 211 g/mol. The van der Waals surface area contributed by atoms with E-state index in [9.17, 15) is 4.79 Å². The van der Waals surface area contributed by atoms with Gasteiger partial charge in [-0.1, -0.05) is 0 Å². The quantitative estimate of drug-likeness (QED) is 0.495. The van der Waals surface area contributed by atoms with Gasteiger partial charge in [-0.25, -0.2) is 4.79 Å². The number of nitrogens with one attached hydrogen (secondary N) is 3. The van der Waals surface area contributed by atoms with Crippen LogP contribution in [-0.4, -0.2) is 26.5 Å². The van der Waals surface area contributed by atoms with Crippen molar-refractivity contribution in [3.8, 4) is 6.07 Å². The third-order valence-corrected chi connectivity index (χ3v) is 1.42. The monoisotopic (exact) mass is 211 g/mol. The molecule has 0 saturated heterocycles. The third kappa shape index (κ3) is 2.43. The lowest BCUT2D eigenvalue weighted by molar-refractivity contribution is 0.200. The Morgan fingerprint density at radius 1 is 1.79 bits per heavy atom. The Bertz CT molecular complexity index is 407. The van der Waals surface area contributed by atoms with Crippen molar-refractivity contribution in [3.63, 3.8) is 0 Å². The van der Waals surface area contributed by atoms with Crippen molar-refractivity contribution < 1.29 is 9.90 Å². The minimum atomic E-state index is -1.28. The Balaban J connectivity index is 2.66. The van der Waals surface area contributed by atoms with Crippen molar-refractivity contribution in [2.45, 2.75) is 0 Å². The molecule has 0 unspecified atom stereocenters. The maximum Gasteiger partial charge on any atom is 0.410 e. The van der Waals surface area contributed by atoms with Gasteiger partial charge in [0.2, 0.25) is 0 Å². The van der Waals surface area contributed by atoms with Crippen molar-refractivity contribution in [1.29, 1.82) is 5.26 Å². The summed E-state index contributed by atoms with van der Waals surface area (Å²) in [7, 11) is 0. The fourth-order valence-electron chi connectivity index (χ4n) is 0.708. The van der Waals surface area contributed by atoms with E-state index in [4.69, 9.17) is 10.4 Å². The zero-order valence-electron chi connectivity index (χ0n) is 6.74. The number of amides is 1. The number of hydrogen-bond donors (Lipinski definition) is 4. The molecular formula is C6H5N5O2S. The number of aromatic nitrogens is 2. The van der Waals surface area contributed by atoms with E-state index in [0.29, 0.717) is 0 Å². The Morgan fingerprint density at radius 3 is 3.07 bits per heavy atom. The highest BCUT2D eigenvalue weighted by atomic mass is 32.1. The molecule has 0 aliphatic carbocycles. The molecule has 4 N–H and O–H groups in total. The molecule has 0 bridgehead atoms. The molecule has 1 amide bonds. The van der Waals surface area contributed by atoms with E-state index < -0.39 is 6.09 Å². The van der Waals surface area contributed by atoms with E-state index in [1.54, 1.807) is 0 Å². The summed E-state index contributed by atoms with van der Waals surface area (Å²) in [5.74, 6) is 0.256. The maximum atomic E-state index is 10.2. The molecule has 8 heteroatoms. The molecule has 72 valence electrons. The molecule has 7 nitrogen and oxygen atoms in total. The minimum Gasteiger partial charge on any atom is -0.465 e. The fourth-order valence-corrected chi connectivity index (χ4v) is 0.897. The fraction of sp³-hybridized carbons (Fsp3) is 0. The van der Waals surface area contributed by atoms with Crippen LogP contribution in [0.25, 0.3) is 0 Å². The second-order valence-electron chi connectivity index (χ2n) is 2.15. The maximum absolute atomic E-state index is 10.2. The first-order chi connectivity index (χ1) is 6.63. The van der Waals surface area contributed by atoms with Crippen LogP contribution >= 0.6 is 12.2 Å². The van der Waals surface area contributed by atoms with E-state index in [1.165, 1.54) is 6.20 Å². The van der Waals surface area contributed by atoms with Crippen LogP contribution < -0.4 is 10.6 Å². The van der Waals surface area contributed by atoms with Crippen molar-refractivity contribution >= 4 is 29.2 Å². The van der Waals surface area contributed by atoms with Crippen LogP contribution in [0, 0.1) is 11.3 Å². The highest BCUT2D eigenvalue weighted by Crippen LogP contribution is 2.07. The third-order valence-electron chi connectivity index (χ3n) is 1.22. The number of H-pyrrole nitrogens is 1. The van der Waals surface area contributed by atoms with Crippen molar-refractivity contribution in [1.82, 2.24) is 15.5 Å². The predicted octanol–water partition coefficient (Wildman–Crippen LogP) is 0.246. The highest BCUT2D eigenvalue weighted by Gasteiger charge is 2.07. The Hall–Kier alpha value is -2.14. The standard InChI is InChI=1S/C6H5N5O2S/c7-1-3-2-8-11-4(3)9-5(14)10-6(12)13/h2H,(H,12,13)(H3,8,9,10,11,14). The Morgan fingerprint density at radius 2 is 2.50 bits per heavy atom. The SMILES string of the molecule is N#Cc1cn[nH]c1NC(=S)NC(=O)O. The van der Waals surface area contributed by atoms with E-state index in [1.807, 2.05) is 11.4 Å². The Kier molecular flexibility index (Phi) is 2.98. The van der Waals surface area contributed by atoms with E-state index in [0.717, 1.165) is 0 Å². The lowest BCUT2D eigenvalue weighted by atomic mass is 10.4. The summed E-state index contributed by atoms with van der Waals surface area (Å²) >= 11 is 4.63. The summed E-state index contributed by atoms with van der Waals surface area (Å²) in [6.45, 7) is 0. The number of nitriles is 1. The van der Waals surface area contributed by atoms with Crippen LogP contribution in [0.1, 0.15) is 5.56 Å². The smallest absolute Gasteiger partial charge is 0.410 e. The Labute approximate surface area is 83.7 Å². The second kappa shape index (κ2) is 4.20. The first-order valence-corrected chi connectivity index (χ1v) is 3.78. The molecule has 1 heterocycles. The number of thiocarbonyl (C=S) groups is 1. The molecule has 1 rings (SSSR count). The number of rotatable bonds is 1. The number of aromatic amines is 1. The van der Waals surface area contributed by atoms with Crippen LogP contribution in [0.4, 0.5) is 10.6 Å². The summed E-state index contributed by atoms with van der Waals surface area (Å²) in [6, 6.07) is 1.84. The summed E-state index contributed by atoms with van der Waals surface area (Å²) < 4.78 is 0. The number of carbonyl (C=O) groups is 1. The summed E-state index contributed by atoms with van der Waals surface area (Å²) in [5.41, 5.74) is 0.250. The molecule has 1 aromatic rings. The predicted molar refractivity (Wildman–Crippen MR) is 50.7 cm³/mol. The van der Waals surface area contributed by atoms with Gasteiger partial charge in [0.25, 0.3) is 0 Å². The molecule has 0 radical (unpaired) electrons. The lowest BCUT2D eigenvalue weighted by Gasteiger charge is -2.03. The molecule has 1 aromatic heterocycles. The van der Waals surface area contributed by atoms with Gasteiger partial charge in [0.1, 0.15) is 17.5 Å². The highest BCUT2D eigenvalue weighted by molar-refractivity contribution is 7.80. The van der Waals surface area contributed by atoms with Gasteiger partial charge >= 0.3 is 6.09 Å². The number of anilines is 1. The van der Waals surface area contributed by atoms with Crippen molar-refractivity contribution in [3.05, 3.63) is 11.8 Å². The molecule has 0 spiro atoms. The van der Waals surface area contributed by atoms with Gasteiger partial charge in [0.15, 0.2) is 5.11 Å². The normalized spacial score (nSPS) is 8.79. The van der Waals surface area contributed by atoms with Gasteiger partial charge in [0.05, 0.1) is 6.20 Å². The number of hydrogen-bond acceptors (Lipinski definition) is 4. The van der Waals surface area contributed by atoms with E-state index in [2.05, 4.69) is 27.7 Å². The largest absolute Gasteiger partial charge is 0.465 e. The minimum absolute atomic E-state index is 0.127. The zero-order valence-corrected chi connectivity index (χ0v) is 7.55. The summed E-state index contributed by atoms with van der Waals surface area (Å²) in [6.07, 6.45) is 0.0200. The van der Waals surface area contributed by atoms with Crippen LogP contribution in [0.3, 0.4) is 0 Å². The average Bonchev–Trinajstić information content (AvgIpc) is 2.50. The van der Waals surface area contributed by atoms with Crippen LogP contribution in [0.15, 0.2) is 6.20 Å². The molecule has 0 fully saturated rings. The van der Waals surface area contributed by atoms with E-state index in [-0.39, 0.29) is 16.5 Å². The summed E-state index contributed by atoms with van der Waals surface area (Å²) in [4.78, 5) is 10.2. The number of nitrogens with zero attached hydrogens (tertiary/aromatic N) is 2. The van der Waals surface area contributed by atoms with Gasteiger partial charge in [-0.2, -0.15) is 10.4 Å². The molecule has 0 saturated carbocycles. The van der Waals surface area contributed by atoms with E-state index >= 15 is 0 Å². The summed E-state index contributed by atoms with van der Waals surface area (Å²) in [5, 5.41) is 27.2. The van der Waals surface area contributed by atoms with Gasteiger partial charge in [-0.3, -0.25) is 10.4 Å². The first kappa shape index (κ1) is 9.94. The van der Waals surface area contributed by atoms with Gasteiger partial charge < -0.3 is 10.4 Å². The second-order valence-corrected chi connectivity index (χ2v) is 2.56. The van der Waals surface area contributed by atoms with Crippen LogP contribution in [-0.2, 0) is 0 Å². The lowest BCUT2D eigenvalue weighted by Crippen LogP contribution is -2.33. The van der Waals surface area contributed by atoms with Crippen molar-refractivity contribution in [2.75, 3.05) is 5.32 Å².